The number of nitrogens with one attached hydrogen (secondary N) is 2. The standard InChI is InChI=1S/C22H24N2O5/c1-14-22(2,19(26)13-29-14)24-21(28)18(12-15-8-10-17(25)11-9-15)23-20(27)16-6-4-3-5-7-16/h3-11,14,18,25H,12-13H2,1-2H3,(H,23,27)(H,24,28). The number of phenols is 1. The molecule has 2 aromatic rings. The van der Waals surface area contributed by atoms with Crippen molar-refractivity contribution < 1.29 is 24.2 Å². The number of benzene rings is 2. The molecule has 0 radical (unpaired) electrons. The highest BCUT2D eigenvalue weighted by Gasteiger charge is 2.47. The largest absolute Gasteiger partial charge is 0.508 e. The summed E-state index contributed by atoms with van der Waals surface area (Å²) in [6.07, 6.45) is -0.275. The molecule has 3 N–H and O–H groups in total. The summed E-state index contributed by atoms with van der Waals surface area (Å²) in [6, 6.07) is 14.1. The number of amides is 2. The maximum atomic E-state index is 13.1. The smallest absolute Gasteiger partial charge is 0.251 e. The third-order valence-corrected chi connectivity index (χ3v) is 5.27. The van der Waals surface area contributed by atoms with Gasteiger partial charge in [-0.05, 0) is 43.7 Å². The fourth-order valence-corrected chi connectivity index (χ4v) is 3.17. The van der Waals surface area contributed by atoms with Crippen LogP contribution in [0, 0.1) is 0 Å². The molecule has 0 aromatic heterocycles. The number of rotatable bonds is 6. The number of aromatic hydroxyl groups is 1. The third-order valence-electron chi connectivity index (χ3n) is 5.27. The number of Topliss-reactive ketones (excluding diaryl/α,β-unsaturated/α-hetero) is 1. The normalized spacial score (nSPS) is 22.1. The van der Waals surface area contributed by atoms with Crippen LogP contribution < -0.4 is 10.6 Å². The lowest BCUT2D eigenvalue weighted by Gasteiger charge is -2.30. The van der Waals surface area contributed by atoms with Crippen LogP contribution in [0.25, 0.3) is 0 Å². The molecule has 3 unspecified atom stereocenters. The molecule has 0 spiro atoms. The summed E-state index contributed by atoms with van der Waals surface area (Å²) >= 11 is 0. The van der Waals surface area contributed by atoms with Crippen molar-refractivity contribution in [2.24, 2.45) is 0 Å². The second-order valence-corrected chi connectivity index (χ2v) is 7.33. The predicted molar refractivity (Wildman–Crippen MR) is 106 cm³/mol. The van der Waals surface area contributed by atoms with Crippen LogP contribution in [0.15, 0.2) is 54.6 Å². The Bertz CT molecular complexity index is 897. The highest BCUT2D eigenvalue weighted by Crippen LogP contribution is 2.22. The molecule has 0 saturated carbocycles. The van der Waals surface area contributed by atoms with Gasteiger partial charge < -0.3 is 20.5 Å². The van der Waals surface area contributed by atoms with Gasteiger partial charge in [-0.3, -0.25) is 14.4 Å². The molecule has 1 heterocycles. The summed E-state index contributed by atoms with van der Waals surface area (Å²) < 4.78 is 5.36. The van der Waals surface area contributed by atoms with Crippen molar-refractivity contribution in [2.45, 2.75) is 38.0 Å². The number of phenolic OH excluding ortho intramolecular Hbond substituents is 1. The molecule has 1 fully saturated rings. The summed E-state index contributed by atoms with van der Waals surface area (Å²) in [5.41, 5.74) is 0.0289. The molecule has 1 aliphatic heterocycles. The van der Waals surface area contributed by atoms with E-state index in [2.05, 4.69) is 10.6 Å². The van der Waals surface area contributed by atoms with E-state index >= 15 is 0 Å². The van der Waals surface area contributed by atoms with Crippen LogP contribution >= 0.6 is 0 Å². The minimum Gasteiger partial charge on any atom is -0.508 e. The topological polar surface area (TPSA) is 105 Å². The first-order valence-corrected chi connectivity index (χ1v) is 9.40. The molecule has 2 amide bonds. The quantitative estimate of drug-likeness (QED) is 0.688. The van der Waals surface area contributed by atoms with Crippen molar-refractivity contribution in [2.75, 3.05) is 6.61 Å². The van der Waals surface area contributed by atoms with Crippen LogP contribution in [0.1, 0.15) is 29.8 Å². The van der Waals surface area contributed by atoms with E-state index in [0.29, 0.717) is 5.56 Å². The summed E-state index contributed by atoms with van der Waals surface area (Å²) in [5.74, 6) is -0.971. The Morgan fingerprint density at radius 1 is 1.17 bits per heavy atom. The van der Waals surface area contributed by atoms with E-state index in [-0.39, 0.29) is 24.6 Å². The molecular weight excluding hydrogens is 372 g/mol. The van der Waals surface area contributed by atoms with E-state index in [1.54, 1.807) is 56.3 Å². The summed E-state index contributed by atoms with van der Waals surface area (Å²) in [4.78, 5) is 37.9. The van der Waals surface area contributed by atoms with Gasteiger partial charge in [0.05, 0.1) is 6.10 Å². The van der Waals surface area contributed by atoms with E-state index in [1.165, 1.54) is 12.1 Å². The van der Waals surface area contributed by atoms with Crippen molar-refractivity contribution in [3.63, 3.8) is 0 Å². The van der Waals surface area contributed by atoms with Crippen LogP contribution in [0.2, 0.25) is 0 Å². The van der Waals surface area contributed by atoms with E-state index in [9.17, 15) is 19.5 Å². The van der Waals surface area contributed by atoms with Gasteiger partial charge in [0, 0.05) is 12.0 Å². The van der Waals surface area contributed by atoms with Crippen LogP contribution in [-0.2, 0) is 20.7 Å². The molecular formula is C22H24N2O5. The molecule has 152 valence electrons. The number of hydrogen-bond donors (Lipinski definition) is 3. The first kappa shape index (κ1) is 20.5. The molecule has 0 bridgehead atoms. The number of ketones is 1. The lowest BCUT2D eigenvalue weighted by molar-refractivity contribution is -0.130. The zero-order valence-electron chi connectivity index (χ0n) is 16.3. The maximum Gasteiger partial charge on any atom is 0.251 e. The maximum absolute atomic E-state index is 13.1. The highest BCUT2D eigenvalue weighted by atomic mass is 16.5. The monoisotopic (exact) mass is 396 g/mol. The number of carbonyl (C=O) groups is 3. The Balaban J connectivity index is 1.81. The van der Waals surface area contributed by atoms with E-state index in [0.717, 1.165) is 5.56 Å². The lowest BCUT2D eigenvalue weighted by atomic mass is 9.92. The minimum absolute atomic E-state index is 0.0586. The molecule has 3 rings (SSSR count). The molecule has 3 atom stereocenters. The van der Waals surface area contributed by atoms with Gasteiger partial charge in [0.2, 0.25) is 5.91 Å². The van der Waals surface area contributed by atoms with E-state index < -0.39 is 29.5 Å². The molecule has 7 heteroatoms. The second-order valence-electron chi connectivity index (χ2n) is 7.33. The van der Waals surface area contributed by atoms with Crippen LogP contribution in [-0.4, -0.2) is 47.0 Å². The second kappa shape index (κ2) is 8.45. The molecule has 1 saturated heterocycles. The Kier molecular flexibility index (Phi) is 5.98. The van der Waals surface area contributed by atoms with E-state index in [4.69, 9.17) is 4.74 Å². The van der Waals surface area contributed by atoms with Crippen LogP contribution in [0.4, 0.5) is 0 Å². The van der Waals surface area contributed by atoms with Gasteiger partial charge in [-0.2, -0.15) is 0 Å². The number of ether oxygens (including phenoxy) is 1. The molecule has 0 aliphatic carbocycles. The zero-order chi connectivity index (χ0) is 21.0. The van der Waals surface area contributed by atoms with Crippen LogP contribution in [0.3, 0.4) is 0 Å². The average Bonchev–Trinajstić information content (AvgIpc) is 2.96. The van der Waals surface area contributed by atoms with Gasteiger partial charge >= 0.3 is 0 Å². The van der Waals surface area contributed by atoms with Crippen molar-refractivity contribution in [1.82, 2.24) is 10.6 Å². The van der Waals surface area contributed by atoms with Crippen molar-refractivity contribution in [1.29, 1.82) is 0 Å². The van der Waals surface area contributed by atoms with Gasteiger partial charge in [-0.15, -0.1) is 0 Å². The zero-order valence-corrected chi connectivity index (χ0v) is 16.3. The average molecular weight is 396 g/mol. The van der Waals surface area contributed by atoms with Gasteiger partial charge in [0.25, 0.3) is 5.91 Å². The molecule has 1 aliphatic rings. The third kappa shape index (κ3) is 4.63. The fraction of sp³-hybridized carbons (Fsp3) is 0.318. The number of carbonyl (C=O) groups excluding carboxylic acids is 3. The molecule has 7 nitrogen and oxygen atoms in total. The molecule has 2 aromatic carbocycles. The highest BCUT2D eigenvalue weighted by molar-refractivity contribution is 6.00. The van der Waals surface area contributed by atoms with Gasteiger partial charge in [-0.25, -0.2) is 0 Å². The van der Waals surface area contributed by atoms with Crippen molar-refractivity contribution in [3.05, 3.63) is 65.7 Å². The van der Waals surface area contributed by atoms with Gasteiger partial charge in [0.15, 0.2) is 5.78 Å². The first-order chi connectivity index (χ1) is 13.8. The Morgan fingerprint density at radius 2 is 1.83 bits per heavy atom. The minimum atomic E-state index is -1.15. The van der Waals surface area contributed by atoms with Crippen LogP contribution in [0.5, 0.6) is 5.75 Å². The Labute approximate surface area is 169 Å². The Morgan fingerprint density at radius 3 is 2.41 bits per heavy atom. The van der Waals surface area contributed by atoms with E-state index in [1.807, 2.05) is 0 Å². The predicted octanol–water partition coefficient (Wildman–Crippen LogP) is 1.60. The lowest BCUT2D eigenvalue weighted by Crippen LogP contribution is -2.60. The van der Waals surface area contributed by atoms with Gasteiger partial charge in [-0.1, -0.05) is 30.3 Å². The SMILES string of the molecule is CC1OCC(=O)C1(C)NC(=O)C(Cc1ccc(O)cc1)NC(=O)c1ccccc1. The Hall–Kier alpha value is -3.19. The first-order valence-electron chi connectivity index (χ1n) is 9.40. The van der Waals surface area contributed by atoms with Crippen molar-refractivity contribution in [3.8, 4) is 5.75 Å². The summed E-state index contributed by atoms with van der Waals surface area (Å²) in [5, 5.41) is 15.0. The summed E-state index contributed by atoms with van der Waals surface area (Å²) in [7, 11) is 0. The molecule has 29 heavy (non-hydrogen) atoms. The number of hydrogen-bond acceptors (Lipinski definition) is 5. The fourth-order valence-electron chi connectivity index (χ4n) is 3.17. The van der Waals surface area contributed by atoms with Gasteiger partial charge in [0.1, 0.15) is 23.9 Å². The summed E-state index contributed by atoms with van der Waals surface area (Å²) in [6.45, 7) is 3.29. The van der Waals surface area contributed by atoms with Crippen molar-refractivity contribution >= 4 is 17.6 Å².